The van der Waals surface area contributed by atoms with Crippen LogP contribution in [0.1, 0.15) is 200 Å². The van der Waals surface area contributed by atoms with Crippen LogP contribution in [0, 0.1) is 0 Å². The number of nitrogens with zero attached hydrogens (tertiary/aromatic N) is 1. The molecule has 9 heteroatoms. The number of hydrogen-bond acceptors (Lipinski definition) is 7. The topological polar surface area (TPSA) is 94.1 Å². The first-order valence-corrected chi connectivity index (χ1v) is 23.4. The number of ether oxygens (including phenoxy) is 2. The molecule has 0 aromatic carbocycles. The summed E-state index contributed by atoms with van der Waals surface area (Å²) in [5.74, 6) is -0.339. The summed E-state index contributed by atoms with van der Waals surface area (Å²) in [6.07, 6.45) is 39.3. The highest BCUT2D eigenvalue weighted by Crippen LogP contribution is 2.38. The predicted molar refractivity (Wildman–Crippen MR) is 217 cm³/mol. The van der Waals surface area contributed by atoms with E-state index in [1.165, 1.54) is 135 Å². The van der Waals surface area contributed by atoms with Crippen molar-refractivity contribution in [3.63, 3.8) is 0 Å². The van der Waals surface area contributed by atoms with Gasteiger partial charge in [-0.3, -0.25) is 9.36 Å². The van der Waals surface area contributed by atoms with Gasteiger partial charge in [0.25, 0.3) is 7.82 Å². The summed E-state index contributed by atoms with van der Waals surface area (Å²) in [7, 11) is 1.36. The molecule has 0 rings (SSSR count). The summed E-state index contributed by atoms with van der Waals surface area (Å²) in [6.45, 7) is 5.43. The molecule has 0 aromatic heterocycles. The Morgan fingerprint density at radius 2 is 1.00 bits per heavy atom. The van der Waals surface area contributed by atoms with Gasteiger partial charge in [0.1, 0.15) is 19.3 Å². The van der Waals surface area contributed by atoms with Crippen LogP contribution in [0.3, 0.4) is 0 Å². The number of carbonyl (C=O) groups is 1. The number of phosphoric acid groups is 1. The van der Waals surface area contributed by atoms with Gasteiger partial charge in [-0.05, 0) is 38.5 Å². The van der Waals surface area contributed by atoms with Crippen LogP contribution < -0.4 is 4.89 Å². The monoisotopic (exact) mass is 760 g/mol. The smallest absolute Gasteiger partial charge is 0.306 e. The Kier molecular flexibility index (Phi) is 36.6. The fraction of sp³-hybridized carbons (Fsp3) is 0.930. The highest BCUT2D eigenvalue weighted by Gasteiger charge is 2.20. The number of esters is 1. The molecule has 52 heavy (non-hydrogen) atoms. The summed E-state index contributed by atoms with van der Waals surface area (Å²) in [4.78, 5) is 25.0. The van der Waals surface area contributed by atoms with E-state index >= 15 is 0 Å². The Bertz CT molecular complexity index is 848. The van der Waals surface area contributed by atoms with Crippen molar-refractivity contribution in [3.8, 4) is 0 Å². The van der Waals surface area contributed by atoms with E-state index < -0.39 is 13.9 Å². The lowest BCUT2D eigenvalue weighted by molar-refractivity contribution is -0.870. The summed E-state index contributed by atoms with van der Waals surface area (Å²) in [6, 6.07) is 0. The number of rotatable bonds is 41. The molecule has 310 valence electrons. The van der Waals surface area contributed by atoms with E-state index in [0.717, 1.165) is 44.9 Å². The zero-order valence-corrected chi connectivity index (χ0v) is 35.9. The van der Waals surface area contributed by atoms with Gasteiger partial charge in [0.15, 0.2) is 0 Å². The van der Waals surface area contributed by atoms with Crippen molar-refractivity contribution in [1.29, 1.82) is 0 Å². The Morgan fingerprint density at radius 3 is 1.46 bits per heavy atom. The lowest BCUT2D eigenvalue weighted by Gasteiger charge is -2.28. The summed E-state index contributed by atoms with van der Waals surface area (Å²) < 4.78 is 34.6. The van der Waals surface area contributed by atoms with Crippen LogP contribution >= 0.6 is 7.82 Å². The van der Waals surface area contributed by atoms with E-state index in [4.69, 9.17) is 18.5 Å². The van der Waals surface area contributed by atoms with Crippen molar-refractivity contribution < 1.29 is 37.3 Å². The highest BCUT2D eigenvalue weighted by atomic mass is 31.2. The van der Waals surface area contributed by atoms with Gasteiger partial charge in [-0.1, -0.05) is 167 Å². The van der Waals surface area contributed by atoms with Crippen LogP contribution in [0.4, 0.5) is 0 Å². The summed E-state index contributed by atoms with van der Waals surface area (Å²) in [5.41, 5.74) is 0. The maximum absolute atomic E-state index is 12.7. The van der Waals surface area contributed by atoms with E-state index in [9.17, 15) is 14.3 Å². The average Bonchev–Trinajstić information content (AvgIpc) is 3.09. The molecular formula is C43H86NO7P. The number of allylic oxidation sites excluding steroid dienone is 2. The average molecular weight is 760 g/mol. The van der Waals surface area contributed by atoms with E-state index in [0.29, 0.717) is 24.1 Å². The van der Waals surface area contributed by atoms with Crippen LogP contribution in [-0.4, -0.2) is 70.7 Å². The molecular weight excluding hydrogens is 673 g/mol. The van der Waals surface area contributed by atoms with Gasteiger partial charge in [0, 0.05) is 13.0 Å². The van der Waals surface area contributed by atoms with Gasteiger partial charge < -0.3 is 27.9 Å². The molecule has 0 N–H and O–H groups in total. The molecule has 0 aliphatic carbocycles. The lowest BCUT2D eigenvalue weighted by atomic mass is 10.0. The van der Waals surface area contributed by atoms with Crippen LogP contribution in [-0.2, 0) is 27.9 Å². The Morgan fingerprint density at radius 1 is 0.577 bits per heavy atom. The normalized spacial score (nSPS) is 13.9. The maximum atomic E-state index is 12.7. The number of carbonyl (C=O) groups excluding carboxylic acids is 1. The number of phosphoric ester groups is 1. The molecule has 0 spiro atoms. The third-order valence-corrected chi connectivity index (χ3v) is 10.5. The van der Waals surface area contributed by atoms with Crippen molar-refractivity contribution in [1.82, 2.24) is 0 Å². The van der Waals surface area contributed by atoms with Crippen molar-refractivity contribution >= 4 is 13.8 Å². The minimum absolute atomic E-state index is 0.0277. The Balaban J connectivity index is 4.23. The van der Waals surface area contributed by atoms with Gasteiger partial charge >= 0.3 is 5.97 Å². The molecule has 0 aliphatic rings. The SMILES string of the molecule is CCCCCCCCC/C=C\CCCCCCCC(=O)OC(COCCCCCCCCCCCCCCCC)COP(=O)([O-])OCC[N+](C)(C)C. The quantitative estimate of drug-likeness (QED) is 0.0201. The van der Waals surface area contributed by atoms with Gasteiger partial charge in [-0.25, -0.2) is 0 Å². The molecule has 0 aliphatic heterocycles. The number of quaternary nitrogens is 1. The highest BCUT2D eigenvalue weighted by molar-refractivity contribution is 7.45. The minimum atomic E-state index is -4.52. The van der Waals surface area contributed by atoms with Crippen molar-refractivity contribution in [2.45, 2.75) is 206 Å². The zero-order chi connectivity index (χ0) is 38.4. The predicted octanol–water partition coefficient (Wildman–Crippen LogP) is 12.0. The lowest BCUT2D eigenvalue weighted by Crippen LogP contribution is -2.37. The van der Waals surface area contributed by atoms with Crippen LogP contribution in [0.2, 0.25) is 0 Å². The first-order chi connectivity index (χ1) is 25.1. The number of unbranched alkanes of at least 4 members (excludes halogenated alkanes) is 25. The Hall–Kier alpha value is -0.760. The summed E-state index contributed by atoms with van der Waals surface area (Å²) in [5, 5.41) is 0. The molecule has 0 bridgehead atoms. The summed E-state index contributed by atoms with van der Waals surface area (Å²) >= 11 is 0. The van der Waals surface area contributed by atoms with Crippen molar-refractivity contribution in [2.75, 3.05) is 54.1 Å². The molecule has 0 aromatic rings. The fourth-order valence-electron chi connectivity index (χ4n) is 6.13. The van der Waals surface area contributed by atoms with Gasteiger partial charge in [0.05, 0.1) is 34.4 Å². The van der Waals surface area contributed by atoms with Crippen molar-refractivity contribution in [2.24, 2.45) is 0 Å². The molecule has 0 saturated carbocycles. The third-order valence-electron chi connectivity index (χ3n) is 9.57. The molecule has 0 saturated heterocycles. The van der Waals surface area contributed by atoms with Gasteiger partial charge in [0.2, 0.25) is 0 Å². The third kappa shape index (κ3) is 40.4. The second kappa shape index (κ2) is 37.2. The number of hydrogen-bond donors (Lipinski definition) is 0. The van der Waals surface area contributed by atoms with Crippen LogP contribution in [0.5, 0.6) is 0 Å². The first-order valence-electron chi connectivity index (χ1n) is 21.9. The standard InChI is InChI=1S/C43H86NO7P/c1-6-8-10-12-14-16-18-20-22-23-24-26-28-30-32-34-36-43(45)51-42(41-50-52(46,47)49-39-37-44(3,4)5)40-48-38-35-33-31-29-27-25-21-19-17-15-13-11-9-7-2/h22-23,42H,6-21,24-41H2,1-5H3/b23-22-. The Labute approximate surface area is 322 Å². The maximum Gasteiger partial charge on any atom is 0.306 e. The van der Waals surface area contributed by atoms with Crippen LogP contribution in [0.15, 0.2) is 12.2 Å². The van der Waals surface area contributed by atoms with E-state index in [1.807, 2.05) is 21.1 Å². The molecule has 2 unspecified atom stereocenters. The molecule has 2 atom stereocenters. The molecule has 0 fully saturated rings. The van der Waals surface area contributed by atoms with Crippen molar-refractivity contribution in [3.05, 3.63) is 12.2 Å². The molecule has 0 amide bonds. The molecule has 8 nitrogen and oxygen atoms in total. The van der Waals surface area contributed by atoms with E-state index in [-0.39, 0.29) is 25.8 Å². The molecule has 0 radical (unpaired) electrons. The zero-order valence-electron chi connectivity index (χ0n) is 35.0. The fourth-order valence-corrected chi connectivity index (χ4v) is 6.86. The number of likely N-dealkylation sites (N-methyl/N-ethyl adjacent to an activating group) is 1. The largest absolute Gasteiger partial charge is 0.756 e. The second-order valence-corrected chi connectivity index (χ2v) is 17.5. The second-order valence-electron chi connectivity index (χ2n) is 16.1. The first kappa shape index (κ1) is 51.2. The van der Waals surface area contributed by atoms with Gasteiger partial charge in [-0.15, -0.1) is 0 Å². The van der Waals surface area contributed by atoms with Gasteiger partial charge in [-0.2, -0.15) is 0 Å². The van der Waals surface area contributed by atoms with E-state index in [1.54, 1.807) is 0 Å². The van der Waals surface area contributed by atoms with Crippen LogP contribution in [0.25, 0.3) is 0 Å². The minimum Gasteiger partial charge on any atom is -0.756 e. The molecule has 0 heterocycles. The van der Waals surface area contributed by atoms with E-state index in [2.05, 4.69) is 26.0 Å².